The van der Waals surface area contributed by atoms with Crippen molar-refractivity contribution in [1.82, 2.24) is 4.90 Å². The Morgan fingerprint density at radius 3 is 2.79 bits per heavy atom. The number of ketones is 1. The van der Waals surface area contributed by atoms with E-state index in [2.05, 4.69) is 0 Å². The van der Waals surface area contributed by atoms with Gasteiger partial charge in [-0.1, -0.05) is 0 Å². The molecule has 0 bridgehead atoms. The zero-order valence-electron chi connectivity index (χ0n) is 11.2. The first kappa shape index (κ1) is 12.5. The van der Waals surface area contributed by atoms with Crippen molar-refractivity contribution in [1.29, 1.82) is 0 Å². The van der Waals surface area contributed by atoms with Crippen LogP contribution >= 0.6 is 0 Å². The first-order valence-electron chi connectivity index (χ1n) is 7.07. The van der Waals surface area contributed by atoms with Crippen molar-refractivity contribution in [3.05, 3.63) is 23.7 Å². The zero-order chi connectivity index (χ0) is 13.4. The van der Waals surface area contributed by atoms with Gasteiger partial charge in [0.05, 0.1) is 0 Å². The molecule has 0 radical (unpaired) electrons. The number of hydrogen-bond donors (Lipinski definition) is 0. The second-order valence-corrected chi connectivity index (χ2v) is 5.58. The minimum absolute atomic E-state index is 0.0579. The van der Waals surface area contributed by atoms with Crippen LogP contribution in [0.3, 0.4) is 0 Å². The van der Waals surface area contributed by atoms with E-state index in [4.69, 9.17) is 4.42 Å². The lowest BCUT2D eigenvalue weighted by atomic mass is 9.95. The molecule has 0 spiro atoms. The zero-order valence-corrected chi connectivity index (χ0v) is 11.2. The van der Waals surface area contributed by atoms with Crippen molar-refractivity contribution in [2.24, 2.45) is 5.92 Å². The molecule has 0 aromatic carbocycles. The number of hydrogen-bond acceptors (Lipinski definition) is 3. The van der Waals surface area contributed by atoms with Crippen LogP contribution in [-0.4, -0.2) is 29.2 Å². The Balaban J connectivity index is 1.79. The average molecular weight is 261 g/mol. The maximum absolute atomic E-state index is 12.5. The Morgan fingerprint density at radius 1 is 1.32 bits per heavy atom. The first-order chi connectivity index (χ1) is 9.16. The molecule has 2 unspecified atom stereocenters. The highest BCUT2D eigenvalue weighted by molar-refractivity contribution is 5.93. The molecular weight excluding hydrogens is 242 g/mol. The van der Waals surface area contributed by atoms with Crippen LogP contribution in [0.1, 0.15) is 48.4 Å². The largest absolute Gasteiger partial charge is 0.456 e. The summed E-state index contributed by atoms with van der Waals surface area (Å²) in [6.07, 6.45) is 4.52. The molecule has 2 atom stereocenters. The monoisotopic (exact) mass is 261 g/mol. The summed E-state index contributed by atoms with van der Waals surface area (Å²) in [6.45, 7) is 2.58. The quantitative estimate of drug-likeness (QED) is 0.822. The molecule has 1 aromatic heterocycles. The number of Topliss-reactive ketones (excluding diaryl/α,β-unsaturated/α-hetero) is 1. The van der Waals surface area contributed by atoms with Crippen LogP contribution in [0.2, 0.25) is 0 Å². The molecule has 1 saturated carbocycles. The van der Waals surface area contributed by atoms with Gasteiger partial charge >= 0.3 is 0 Å². The number of carbonyl (C=O) groups is 2. The van der Waals surface area contributed by atoms with Gasteiger partial charge in [-0.05, 0) is 44.7 Å². The fourth-order valence-electron chi connectivity index (χ4n) is 3.40. The van der Waals surface area contributed by atoms with Crippen molar-refractivity contribution in [2.75, 3.05) is 6.54 Å². The molecule has 4 nitrogen and oxygen atoms in total. The molecule has 0 N–H and O–H groups in total. The van der Waals surface area contributed by atoms with E-state index in [0.717, 1.165) is 38.0 Å². The summed E-state index contributed by atoms with van der Waals surface area (Å²) in [7, 11) is 0. The molecular formula is C15H19NO3. The van der Waals surface area contributed by atoms with Gasteiger partial charge < -0.3 is 9.32 Å². The molecule has 3 rings (SSSR count). The van der Waals surface area contributed by atoms with Gasteiger partial charge in [0, 0.05) is 24.9 Å². The van der Waals surface area contributed by atoms with Gasteiger partial charge in [-0.15, -0.1) is 0 Å². The maximum Gasteiger partial charge on any atom is 0.289 e. The lowest BCUT2D eigenvalue weighted by molar-refractivity contribution is -0.121. The molecule has 2 fully saturated rings. The van der Waals surface area contributed by atoms with Gasteiger partial charge in [0.25, 0.3) is 5.91 Å². The third kappa shape index (κ3) is 2.20. The summed E-state index contributed by atoms with van der Waals surface area (Å²) in [5.74, 6) is 1.48. The topological polar surface area (TPSA) is 50.5 Å². The number of furan rings is 1. The fourth-order valence-corrected chi connectivity index (χ4v) is 3.40. The molecule has 1 aliphatic carbocycles. The molecule has 19 heavy (non-hydrogen) atoms. The van der Waals surface area contributed by atoms with Crippen LogP contribution in [0.4, 0.5) is 0 Å². The SMILES string of the molecule is Cc1ccc(C(=O)N2CCCC2C2CCCC2=O)o1. The molecule has 1 aliphatic heterocycles. The van der Waals surface area contributed by atoms with E-state index in [-0.39, 0.29) is 17.9 Å². The van der Waals surface area contributed by atoms with Crippen molar-refractivity contribution in [3.63, 3.8) is 0 Å². The van der Waals surface area contributed by atoms with Crippen molar-refractivity contribution >= 4 is 11.7 Å². The number of rotatable bonds is 2. The van der Waals surface area contributed by atoms with E-state index >= 15 is 0 Å². The minimum Gasteiger partial charge on any atom is -0.456 e. The third-order valence-corrected chi connectivity index (χ3v) is 4.33. The Kier molecular flexibility index (Phi) is 3.17. The van der Waals surface area contributed by atoms with E-state index in [0.29, 0.717) is 18.0 Å². The average Bonchev–Trinajstić information content (AvgIpc) is 3.07. The van der Waals surface area contributed by atoms with Gasteiger partial charge in [-0.2, -0.15) is 0 Å². The van der Waals surface area contributed by atoms with E-state index in [1.165, 1.54) is 0 Å². The van der Waals surface area contributed by atoms with Crippen molar-refractivity contribution in [3.8, 4) is 0 Å². The van der Waals surface area contributed by atoms with Gasteiger partial charge in [0.15, 0.2) is 5.76 Å². The standard InChI is InChI=1S/C15H19NO3/c1-10-7-8-14(19-10)15(18)16-9-3-5-12(16)11-4-2-6-13(11)17/h7-8,11-12H,2-6,9H2,1H3. The van der Waals surface area contributed by atoms with Crippen molar-refractivity contribution < 1.29 is 14.0 Å². The van der Waals surface area contributed by atoms with Crippen LogP contribution in [0, 0.1) is 12.8 Å². The second-order valence-electron chi connectivity index (χ2n) is 5.58. The summed E-state index contributed by atoms with van der Waals surface area (Å²) >= 11 is 0. The van der Waals surface area contributed by atoms with Crippen LogP contribution in [0.25, 0.3) is 0 Å². The summed E-state index contributed by atoms with van der Waals surface area (Å²) in [5, 5.41) is 0. The van der Waals surface area contributed by atoms with E-state index in [1.807, 2.05) is 11.8 Å². The summed E-state index contributed by atoms with van der Waals surface area (Å²) in [5.41, 5.74) is 0. The Hall–Kier alpha value is -1.58. The highest BCUT2D eigenvalue weighted by Gasteiger charge is 2.40. The van der Waals surface area contributed by atoms with Crippen molar-refractivity contribution in [2.45, 2.75) is 45.1 Å². The van der Waals surface area contributed by atoms with Crippen LogP contribution in [0.5, 0.6) is 0 Å². The fraction of sp³-hybridized carbons (Fsp3) is 0.600. The van der Waals surface area contributed by atoms with Gasteiger partial charge in [0.2, 0.25) is 0 Å². The van der Waals surface area contributed by atoms with Gasteiger partial charge in [0.1, 0.15) is 11.5 Å². The lowest BCUT2D eigenvalue weighted by Gasteiger charge is -2.27. The number of carbonyl (C=O) groups excluding carboxylic acids is 2. The third-order valence-electron chi connectivity index (χ3n) is 4.33. The number of nitrogens with zero attached hydrogens (tertiary/aromatic N) is 1. The summed E-state index contributed by atoms with van der Waals surface area (Å²) in [4.78, 5) is 26.2. The van der Waals surface area contributed by atoms with Gasteiger partial charge in [-0.3, -0.25) is 9.59 Å². The second kappa shape index (κ2) is 4.83. The Morgan fingerprint density at radius 2 is 2.16 bits per heavy atom. The molecule has 1 amide bonds. The molecule has 2 aliphatic rings. The predicted octanol–water partition coefficient (Wildman–Crippen LogP) is 2.56. The van der Waals surface area contributed by atoms with Gasteiger partial charge in [-0.25, -0.2) is 0 Å². The minimum atomic E-state index is -0.0599. The summed E-state index contributed by atoms with van der Waals surface area (Å²) < 4.78 is 5.42. The highest BCUT2D eigenvalue weighted by atomic mass is 16.3. The molecule has 1 saturated heterocycles. The van der Waals surface area contributed by atoms with Crippen LogP contribution in [-0.2, 0) is 4.79 Å². The normalized spacial score (nSPS) is 27.2. The smallest absolute Gasteiger partial charge is 0.289 e. The first-order valence-corrected chi connectivity index (χ1v) is 7.07. The Labute approximate surface area is 112 Å². The van der Waals surface area contributed by atoms with Crippen LogP contribution < -0.4 is 0 Å². The summed E-state index contributed by atoms with van der Waals surface area (Å²) in [6, 6.07) is 3.62. The number of aryl methyl sites for hydroxylation is 1. The highest BCUT2D eigenvalue weighted by Crippen LogP contribution is 2.34. The maximum atomic E-state index is 12.5. The van der Waals surface area contributed by atoms with E-state index < -0.39 is 0 Å². The van der Waals surface area contributed by atoms with Crippen LogP contribution in [0.15, 0.2) is 16.5 Å². The molecule has 4 heteroatoms. The molecule has 2 heterocycles. The Bertz CT molecular complexity index is 505. The number of likely N-dealkylation sites (tertiary alicyclic amines) is 1. The number of amides is 1. The lowest BCUT2D eigenvalue weighted by Crippen LogP contribution is -2.41. The molecule has 1 aromatic rings. The van der Waals surface area contributed by atoms with E-state index in [1.54, 1.807) is 12.1 Å². The molecule has 102 valence electrons. The van der Waals surface area contributed by atoms with E-state index in [9.17, 15) is 9.59 Å². The predicted molar refractivity (Wildman–Crippen MR) is 69.9 cm³/mol.